The van der Waals surface area contributed by atoms with Gasteiger partial charge in [0.15, 0.2) is 0 Å². The Morgan fingerprint density at radius 3 is 2.17 bits per heavy atom. The van der Waals surface area contributed by atoms with Crippen LogP contribution in [0.1, 0.15) is 16.7 Å². The van der Waals surface area contributed by atoms with Crippen molar-refractivity contribution >= 4 is 5.69 Å². The van der Waals surface area contributed by atoms with Crippen LogP contribution in [0.3, 0.4) is 0 Å². The van der Waals surface area contributed by atoms with E-state index in [2.05, 4.69) is 38.1 Å². The van der Waals surface area contributed by atoms with Crippen LogP contribution >= 0.6 is 0 Å². The molecule has 0 unspecified atom stereocenters. The minimum atomic E-state index is 0.577. The first-order valence-corrected chi connectivity index (χ1v) is 7.78. The van der Waals surface area contributed by atoms with Gasteiger partial charge in [0, 0.05) is 11.3 Å². The first kappa shape index (κ1) is 15.2. The molecule has 116 valence electrons. The van der Waals surface area contributed by atoms with E-state index in [4.69, 9.17) is 10.5 Å². The molecule has 0 radical (unpaired) electrons. The van der Waals surface area contributed by atoms with Crippen molar-refractivity contribution in [2.75, 3.05) is 5.73 Å². The Kier molecular flexibility index (Phi) is 4.33. The molecule has 0 saturated heterocycles. The summed E-state index contributed by atoms with van der Waals surface area (Å²) in [6.07, 6.45) is 0. The minimum absolute atomic E-state index is 0.577. The summed E-state index contributed by atoms with van der Waals surface area (Å²) < 4.78 is 5.99. The van der Waals surface area contributed by atoms with E-state index in [1.807, 2.05) is 42.5 Å². The molecule has 0 fully saturated rings. The number of hydrogen-bond donors (Lipinski definition) is 1. The van der Waals surface area contributed by atoms with E-state index >= 15 is 0 Å². The second-order valence-electron chi connectivity index (χ2n) is 5.72. The average Bonchev–Trinajstić information content (AvgIpc) is 2.58. The quantitative estimate of drug-likeness (QED) is 0.678. The van der Waals surface area contributed by atoms with Gasteiger partial charge in [0.05, 0.1) is 0 Å². The number of anilines is 1. The molecule has 0 heterocycles. The highest BCUT2D eigenvalue weighted by molar-refractivity contribution is 5.79. The Morgan fingerprint density at radius 2 is 1.43 bits per heavy atom. The zero-order chi connectivity index (χ0) is 16.2. The average molecular weight is 303 g/mol. The van der Waals surface area contributed by atoms with Gasteiger partial charge >= 0.3 is 0 Å². The van der Waals surface area contributed by atoms with Gasteiger partial charge in [-0.2, -0.15) is 0 Å². The molecule has 0 bridgehead atoms. The van der Waals surface area contributed by atoms with E-state index in [0.29, 0.717) is 6.61 Å². The third-order valence-corrected chi connectivity index (χ3v) is 4.23. The highest BCUT2D eigenvalue weighted by Gasteiger charge is 2.11. The van der Waals surface area contributed by atoms with Gasteiger partial charge < -0.3 is 10.5 Å². The second kappa shape index (κ2) is 6.57. The molecule has 3 rings (SSSR count). The van der Waals surface area contributed by atoms with E-state index in [0.717, 1.165) is 28.1 Å². The fraction of sp³-hybridized carbons (Fsp3) is 0.143. The maximum absolute atomic E-state index is 6.11. The van der Waals surface area contributed by atoms with Gasteiger partial charge in [-0.15, -0.1) is 0 Å². The summed E-state index contributed by atoms with van der Waals surface area (Å²) in [5.74, 6) is 0.921. The van der Waals surface area contributed by atoms with Crippen LogP contribution in [0.15, 0.2) is 66.7 Å². The predicted octanol–water partition coefficient (Wildman–Crippen LogP) is 5.13. The first-order valence-electron chi connectivity index (χ1n) is 7.78. The van der Waals surface area contributed by atoms with Crippen molar-refractivity contribution < 1.29 is 4.74 Å². The molecule has 0 atom stereocenters. The Balaban J connectivity index is 1.88. The van der Waals surface area contributed by atoms with Crippen molar-refractivity contribution in [3.05, 3.63) is 83.4 Å². The topological polar surface area (TPSA) is 35.2 Å². The molecule has 23 heavy (non-hydrogen) atoms. The van der Waals surface area contributed by atoms with Crippen LogP contribution in [0.4, 0.5) is 5.69 Å². The molecule has 3 aromatic carbocycles. The molecule has 3 aromatic rings. The Hall–Kier alpha value is -2.74. The highest BCUT2D eigenvalue weighted by Crippen LogP contribution is 2.34. The fourth-order valence-corrected chi connectivity index (χ4v) is 2.72. The first-order chi connectivity index (χ1) is 11.2. The number of rotatable bonds is 4. The normalized spacial score (nSPS) is 10.5. The molecule has 2 N–H and O–H groups in total. The summed E-state index contributed by atoms with van der Waals surface area (Å²) in [6, 6.07) is 22.3. The molecule has 2 heteroatoms. The summed E-state index contributed by atoms with van der Waals surface area (Å²) in [6.45, 7) is 4.79. The number of nitrogen functional groups attached to an aromatic ring is 1. The number of para-hydroxylation sites is 1. The van der Waals surface area contributed by atoms with Crippen LogP contribution in [0.2, 0.25) is 0 Å². The molecule has 0 saturated carbocycles. The van der Waals surface area contributed by atoms with Gasteiger partial charge in [-0.1, -0.05) is 54.6 Å². The molecule has 0 aromatic heterocycles. The lowest BCUT2D eigenvalue weighted by atomic mass is 9.95. The lowest BCUT2D eigenvalue weighted by Gasteiger charge is -2.16. The number of ether oxygens (including phenoxy) is 1. The van der Waals surface area contributed by atoms with Crippen LogP contribution in [-0.2, 0) is 6.61 Å². The fourth-order valence-electron chi connectivity index (χ4n) is 2.72. The van der Waals surface area contributed by atoms with E-state index in [-0.39, 0.29) is 0 Å². The van der Waals surface area contributed by atoms with Gasteiger partial charge in [0.25, 0.3) is 0 Å². The second-order valence-corrected chi connectivity index (χ2v) is 5.72. The molecule has 0 aliphatic rings. The summed E-state index contributed by atoms with van der Waals surface area (Å²) in [5, 5.41) is 0. The van der Waals surface area contributed by atoms with Crippen molar-refractivity contribution in [2.45, 2.75) is 20.5 Å². The van der Waals surface area contributed by atoms with Crippen molar-refractivity contribution in [2.24, 2.45) is 0 Å². The standard InChI is InChI=1S/C21H21NO/c1-15-16(2)21(23-14-17-8-4-3-5-9-17)13-12-18(15)19-10-6-7-11-20(19)22/h3-13H,14,22H2,1-2H3. The van der Waals surface area contributed by atoms with Crippen molar-refractivity contribution in [3.8, 4) is 16.9 Å². The molecule has 0 spiro atoms. The van der Waals surface area contributed by atoms with Gasteiger partial charge in [0.2, 0.25) is 0 Å². The molecule has 0 aliphatic carbocycles. The minimum Gasteiger partial charge on any atom is -0.489 e. The van der Waals surface area contributed by atoms with Gasteiger partial charge in [0.1, 0.15) is 12.4 Å². The van der Waals surface area contributed by atoms with Gasteiger partial charge in [-0.3, -0.25) is 0 Å². The zero-order valence-electron chi connectivity index (χ0n) is 13.5. The lowest BCUT2D eigenvalue weighted by molar-refractivity contribution is 0.304. The summed E-state index contributed by atoms with van der Waals surface area (Å²) in [4.78, 5) is 0. The van der Waals surface area contributed by atoms with E-state index in [1.54, 1.807) is 0 Å². The number of nitrogens with two attached hydrogens (primary N) is 1. The Bertz CT molecular complexity index is 809. The summed E-state index contributed by atoms with van der Waals surface area (Å²) in [5.41, 5.74) is 12.7. The molecule has 2 nitrogen and oxygen atoms in total. The van der Waals surface area contributed by atoms with Crippen LogP contribution in [0, 0.1) is 13.8 Å². The predicted molar refractivity (Wildman–Crippen MR) is 96.5 cm³/mol. The largest absolute Gasteiger partial charge is 0.489 e. The third kappa shape index (κ3) is 3.21. The van der Waals surface area contributed by atoms with E-state index in [9.17, 15) is 0 Å². The third-order valence-electron chi connectivity index (χ3n) is 4.23. The maximum Gasteiger partial charge on any atom is 0.123 e. The molecule has 0 aliphatic heterocycles. The van der Waals surface area contributed by atoms with Crippen LogP contribution < -0.4 is 10.5 Å². The van der Waals surface area contributed by atoms with Gasteiger partial charge in [-0.05, 0) is 48.2 Å². The number of hydrogen-bond acceptors (Lipinski definition) is 2. The van der Waals surface area contributed by atoms with E-state index in [1.165, 1.54) is 11.1 Å². The van der Waals surface area contributed by atoms with Gasteiger partial charge in [-0.25, -0.2) is 0 Å². The zero-order valence-corrected chi connectivity index (χ0v) is 13.5. The SMILES string of the molecule is Cc1c(OCc2ccccc2)ccc(-c2ccccc2N)c1C. The van der Waals surface area contributed by atoms with Crippen molar-refractivity contribution in [1.82, 2.24) is 0 Å². The van der Waals surface area contributed by atoms with Crippen LogP contribution in [0.25, 0.3) is 11.1 Å². The monoisotopic (exact) mass is 303 g/mol. The summed E-state index contributed by atoms with van der Waals surface area (Å²) in [7, 11) is 0. The van der Waals surface area contributed by atoms with Crippen molar-refractivity contribution in [1.29, 1.82) is 0 Å². The highest BCUT2D eigenvalue weighted by atomic mass is 16.5. The summed E-state index contributed by atoms with van der Waals surface area (Å²) >= 11 is 0. The Labute approximate surface area is 137 Å². The Morgan fingerprint density at radius 1 is 0.739 bits per heavy atom. The molecular formula is C21H21NO. The maximum atomic E-state index is 6.11. The van der Waals surface area contributed by atoms with E-state index < -0.39 is 0 Å². The lowest BCUT2D eigenvalue weighted by Crippen LogP contribution is -1.99. The smallest absolute Gasteiger partial charge is 0.123 e. The number of benzene rings is 3. The van der Waals surface area contributed by atoms with Crippen LogP contribution in [0.5, 0.6) is 5.75 Å². The molecule has 0 amide bonds. The molecular weight excluding hydrogens is 282 g/mol. The van der Waals surface area contributed by atoms with Crippen LogP contribution in [-0.4, -0.2) is 0 Å². The van der Waals surface area contributed by atoms with Crippen molar-refractivity contribution in [3.63, 3.8) is 0 Å².